The number of hydrogen-bond acceptors (Lipinski definition) is 3. The summed E-state index contributed by atoms with van der Waals surface area (Å²) in [4.78, 5) is 0.232. The van der Waals surface area contributed by atoms with Crippen molar-refractivity contribution in [2.24, 2.45) is 7.05 Å². The maximum absolute atomic E-state index is 13.5. The van der Waals surface area contributed by atoms with Crippen LogP contribution in [0.5, 0.6) is 0 Å². The second-order valence-electron chi connectivity index (χ2n) is 6.51. The molecule has 0 spiro atoms. The van der Waals surface area contributed by atoms with Gasteiger partial charge in [-0.3, -0.25) is 4.68 Å². The maximum Gasteiger partial charge on any atom is 0.247 e. The molecule has 3 rings (SSSR count). The summed E-state index contributed by atoms with van der Waals surface area (Å²) in [6.07, 6.45) is 1.58. The van der Waals surface area contributed by atoms with Crippen LogP contribution in [0.15, 0.2) is 71.8 Å². The number of sulfonamides is 1. The van der Waals surface area contributed by atoms with Gasteiger partial charge in [-0.25, -0.2) is 8.42 Å². The summed E-state index contributed by atoms with van der Waals surface area (Å²) in [6, 6.07) is 18.9. The van der Waals surface area contributed by atoms with E-state index in [4.69, 9.17) is 0 Å². The van der Waals surface area contributed by atoms with Crippen molar-refractivity contribution < 1.29 is 8.42 Å². The van der Waals surface area contributed by atoms with Gasteiger partial charge in [0.05, 0.1) is 0 Å². The highest BCUT2D eigenvalue weighted by Gasteiger charge is 2.31. The van der Waals surface area contributed by atoms with Crippen LogP contribution in [0, 0.1) is 0 Å². The van der Waals surface area contributed by atoms with Gasteiger partial charge in [0.2, 0.25) is 10.0 Å². The number of nitrogens with zero attached hydrogens (tertiary/aromatic N) is 3. The predicted molar refractivity (Wildman–Crippen MR) is 103 cm³/mol. The monoisotopic (exact) mass is 369 g/mol. The van der Waals surface area contributed by atoms with Crippen LogP contribution < -0.4 is 0 Å². The minimum Gasteiger partial charge on any atom is -0.274 e. The molecule has 0 bridgehead atoms. The van der Waals surface area contributed by atoms with Crippen LogP contribution in [0.4, 0.5) is 0 Å². The Morgan fingerprint density at radius 2 is 1.58 bits per heavy atom. The standard InChI is InChI=1S/C20H23N3O2S/c1-16(2)23(14-17-10-6-4-7-11-17)26(24,25)19-15-22(3)21-20(19)18-12-8-5-9-13-18/h4-13,15-16H,14H2,1-3H3. The Labute approximate surface area is 154 Å². The van der Waals surface area contributed by atoms with Crippen LogP contribution >= 0.6 is 0 Å². The Morgan fingerprint density at radius 1 is 1.00 bits per heavy atom. The molecule has 0 amide bonds. The Kier molecular flexibility index (Phi) is 5.25. The third-order valence-electron chi connectivity index (χ3n) is 4.19. The molecule has 0 N–H and O–H groups in total. The van der Waals surface area contributed by atoms with Gasteiger partial charge < -0.3 is 0 Å². The molecule has 0 aliphatic heterocycles. The van der Waals surface area contributed by atoms with E-state index in [-0.39, 0.29) is 10.9 Å². The molecule has 0 saturated carbocycles. The van der Waals surface area contributed by atoms with Gasteiger partial charge in [-0.2, -0.15) is 9.40 Å². The first-order valence-corrected chi connectivity index (χ1v) is 9.98. The summed E-state index contributed by atoms with van der Waals surface area (Å²) in [5.74, 6) is 0. The molecule has 3 aromatic rings. The van der Waals surface area contributed by atoms with Crippen molar-refractivity contribution in [2.45, 2.75) is 31.3 Å². The maximum atomic E-state index is 13.5. The average Bonchev–Trinajstić information content (AvgIpc) is 3.04. The third-order valence-corrected chi connectivity index (χ3v) is 6.21. The highest BCUT2D eigenvalue weighted by molar-refractivity contribution is 7.89. The second-order valence-corrected chi connectivity index (χ2v) is 8.37. The molecular formula is C20H23N3O2S. The molecule has 0 atom stereocenters. The third kappa shape index (κ3) is 3.71. The van der Waals surface area contributed by atoms with Crippen molar-refractivity contribution in [1.29, 1.82) is 0 Å². The molecular weight excluding hydrogens is 346 g/mol. The van der Waals surface area contributed by atoms with Gasteiger partial charge in [0.1, 0.15) is 10.6 Å². The van der Waals surface area contributed by atoms with Gasteiger partial charge in [-0.15, -0.1) is 0 Å². The molecule has 1 heterocycles. The quantitative estimate of drug-likeness (QED) is 0.666. The van der Waals surface area contributed by atoms with Gasteiger partial charge >= 0.3 is 0 Å². The lowest BCUT2D eigenvalue weighted by Gasteiger charge is -2.26. The van der Waals surface area contributed by atoms with Crippen molar-refractivity contribution in [3.8, 4) is 11.3 Å². The molecule has 5 nitrogen and oxygen atoms in total. The van der Waals surface area contributed by atoms with Crippen LogP contribution in [0.2, 0.25) is 0 Å². The number of benzene rings is 2. The van der Waals surface area contributed by atoms with E-state index in [0.29, 0.717) is 12.2 Å². The van der Waals surface area contributed by atoms with Gasteiger partial charge in [0, 0.05) is 31.4 Å². The number of hydrogen-bond donors (Lipinski definition) is 0. The molecule has 2 aromatic carbocycles. The first kappa shape index (κ1) is 18.4. The fraction of sp³-hybridized carbons (Fsp3) is 0.250. The highest BCUT2D eigenvalue weighted by Crippen LogP contribution is 2.29. The Morgan fingerprint density at radius 3 is 2.15 bits per heavy atom. The minimum atomic E-state index is -3.71. The van der Waals surface area contributed by atoms with E-state index < -0.39 is 10.0 Å². The fourth-order valence-corrected chi connectivity index (χ4v) is 4.70. The summed E-state index contributed by atoms with van der Waals surface area (Å²) in [7, 11) is -1.97. The molecule has 0 aliphatic rings. The number of aryl methyl sites for hydroxylation is 1. The number of aromatic nitrogens is 2. The van der Waals surface area contributed by atoms with E-state index in [0.717, 1.165) is 11.1 Å². The molecule has 26 heavy (non-hydrogen) atoms. The van der Waals surface area contributed by atoms with Crippen molar-refractivity contribution in [3.05, 3.63) is 72.4 Å². The smallest absolute Gasteiger partial charge is 0.247 e. The van der Waals surface area contributed by atoms with Gasteiger partial charge in [0.15, 0.2) is 0 Å². The fourth-order valence-electron chi connectivity index (χ4n) is 2.89. The molecule has 0 aliphatic carbocycles. The van der Waals surface area contributed by atoms with E-state index >= 15 is 0 Å². The van der Waals surface area contributed by atoms with E-state index in [2.05, 4.69) is 5.10 Å². The predicted octanol–water partition coefficient (Wildman–Crippen LogP) is 3.69. The van der Waals surface area contributed by atoms with E-state index in [1.54, 1.807) is 17.9 Å². The van der Waals surface area contributed by atoms with Crippen molar-refractivity contribution in [2.75, 3.05) is 0 Å². The normalized spacial score (nSPS) is 12.0. The van der Waals surface area contributed by atoms with E-state index in [9.17, 15) is 8.42 Å². The molecule has 0 fully saturated rings. The van der Waals surface area contributed by atoms with Crippen molar-refractivity contribution in [3.63, 3.8) is 0 Å². The summed E-state index contributed by atoms with van der Waals surface area (Å²) >= 11 is 0. The van der Waals surface area contributed by atoms with Gasteiger partial charge in [-0.05, 0) is 19.4 Å². The zero-order valence-electron chi connectivity index (χ0n) is 15.2. The Hall–Kier alpha value is -2.44. The SMILES string of the molecule is CC(C)N(Cc1ccccc1)S(=O)(=O)c1cn(C)nc1-c1ccccc1. The second kappa shape index (κ2) is 7.43. The molecule has 0 unspecified atom stereocenters. The van der Waals surface area contributed by atoms with Crippen LogP contribution in [-0.2, 0) is 23.6 Å². The number of rotatable bonds is 6. The van der Waals surface area contributed by atoms with Crippen LogP contribution in [0.25, 0.3) is 11.3 Å². The summed E-state index contributed by atoms with van der Waals surface area (Å²) < 4.78 is 30.0. The lowest BCUT2D eigenvalue weighted by Crippen LogP contribution is -2.36. The molecule has 136 valence electrons. The van der Waals surface area contributed by atoms with Crippen LogP contribution in [-0.4, -0.2) is 28.5 Å². The van der Waals surface area contributed by atoms with E-state index in [1.165, 1.54) is 4.31 Å². The highest BCUT2D eigenvalue weighted by atomic mass is 32.2. The average molecular weight is 369 g/mol. The molecule has 0 radical (unpaired) electrons. The zero-order valence-corrected chi connectivity index (χ0v) is 16.0. The first-order chi connectivity index (χ1) is 12.4. The van der Waals surface area contributed by atoms with Crippen molar-refractivity contribution >= 4 is 10.0 Å². The Bertz CT molecular complexity index is 965. The summed E-state index contributed by atoms with van der Waals surface area (Å²) in [5.41, 5.74) is 2.22. The lowest BCUT2D eigenvalue weighted by molar-refractivity contribution is 0.348. The first-order valence-electron chi connectivity index (χ1n) is 8.54. The van der Waals surface area contributed by atoms with Crippen LogP contribution in [0.1, 0.15) is 19.4 Å². The van der Waals surface area contributed by atoms with Crippen LogP contribution in [0.3, 0.4) is 0 Å². The van der Waals surface area contributed by atoms with Gasteiger partial charge in [0.25, 0.3) is 0 Å². The largest absolute Gasteiger partial charge is 0.274 e. The molecule has 1 aromatic heterocycles. The summed E-state index contributed by atoms with van der Waals surface area (Å²) in [5, 5.41) is 4.41. The molecule has 0 saturated heterocycles. The lowest BCUT2D eigenvalue weighted by atomic mass is 10.2. The molecule has 6 heteroatoms. The topological polar surface area (TPSA) is 55.2 Å². The Balaban J connectivity index is 2.06. The summed E-state index contributed by atoms with van der Waals surface area (Å²) in [6.45, 7) is 4.10. The van der Waals surface area contributed by atoms with Gasteiger partial charge in [-0.1, -0.05) is 60.7 Å². The van der Waals surface area contributed by atoms with Crippen molar-refractivity contribution in [1.82, 2.24) is 14.1 Å². The minimum absolute atomic E-state index is 0.177. The zero-order chi connectivity index (χ0) is 18.7. The van der Waals surface area contributed by atoms with E-state index in [1.807, 2.05) is 74.5 Å².